The standard InChI is InChI=1S/2C2H3.Al.ClH/c2*1-2;;/h2*1H,2H2;;1H. The zero-order valence-electron chi connectivity index (χ0n) is 3.55. The highest BCUT2D eigenvalue weighted by Gasteiger charge is 1.62. The molecule has 0 aliphatic rings. The predicted molar refractivity (Wildman–Crippen MR) is 33.4 cm³/mol. The van der Waals surface area contributed by atoms with Gasteiger partial charge in [-0.3, -0.25) is 0 Å². The molecule has 0 nitrogen and oxygen atoms in total. The van der Waals surface area contributed by atoms with Gasteiger partial charge in [0.15, 0.2) is 0 Å². The lowest BCUT2D eigenvalue weighted by Gasteiger charge is -1.58. The summed E-state index contributed by atoms with van der Waals surface area (Å²) in [7, 11) is 0. The monoisotopic (exact) mass is 117 g/mol. The summed E-state index contributed by atoms with van der Waals surface area (Å²) in [6.45, 7) is 7.03. The van der Waals surface area contributed by atoms with Crippen LogP contribution in [0, 0.1) is 0 Å². The molecule has 0 heterocycles. The summed E-state index contributed by atoms with van der Waals surface area (Å²) in [6, 6.07) is 0. The first-order valence-electron chi connectivity index (χ1n) is 1.48. The molecule has 0 unspecified atom stereocenters. The fraction of sp³-hybridized carbons (Fsp3) is 0. The molecule has 0 aromatic carbocycles. The summed E-state index contributed by atoms with van der Waals surface area (Å²) in [4.78, 5) is 3.79. The van der Waals surface area contributed by atoms with Crippen molar-refractivity contribution in [3.05, 3.63) is 23.0 Å². The van der Waals surface area contributed by atoms with E-state index in [1.54, 1.807) is 0 Å². The molecule has 0 fully saturated rings. The van der Waals surface area contributed by atoms with Crippen LogP contribution in [0.25, 0.3) is 0 Å². The minimum atomic E-state index is 0. The topological polar surface area (TPSA) is 0 Å². The lowest BCUT2D eigenvalue weighted by atomic mass is 11.2. The molecule has 0 aliphatic carbocycles. The van der Waals surface area contributed by atoms with Gasteiger partial charge in [-0.25, -0.2) is 0 Å². The van der Waals surface area contributed by atoms with Gasteiger partial charge in [-0.05, 0) is 0 Å². The molecule has 0 spiro atoms. The minimum Gasteiger partial charge on any atom is -0.157 e. The van der Waals surface area contributed by atoms with Crippen molar-refractivity contribution < 1.29 is 0 Å². The summed E-state index contributed by atoms with van der Waals surface area (Å²) in [5, 5.41) is 0. The summed E-state index contributed by atoms with van der Waals surface area (Å²) in [6.07, 6.45) is 0. The molecule has 1 radical (unpaired) electrons. The first-order chi connectivity index (χ1) is 2.41. The Balaban J connectivity index is 0. The van der Waals surface area contributed by atoms with Crippen molar-refractivity contribution in [1.82, 2.24) is 0 Å². The molecule has 0 N–H and O–H groups in total. The fourth-order valence-corrected chi connectivity index (χ4v) is 0.289. The highest BCUT2D eigenvalue weighted by molar-refractivity contribution is 6.47. The molecule has 0 saturated heterocycles. The molecule has 0 aromatic rings. The van der Waals surface area contributed by atoms with Gasteiger partial charge in [-0.1, -0.05) is 0 Å². The van der Waals surface area contributed by atoms with Crippen molar-refractivity contribution in [2.45, 2.75) is 0 Å². The number of hydrogen-bond acceptors (Lipinski definition) is 0. The average Bonchev–Trinajstić information content (AvgIpc) is 1.41. The molecular formula is C4H7AlCl. The van der Waals surface area contributed by atoms with Gasteiger partial charge in [-0.15, -0.1) is 25.6 Å². The maximum absolute atomic E-state index is 3.52. The van der Waals surface area contributed by atoms with E-state index in [-0.39, 0.29) is 12.4 Å². The maximum Gasteiger partial charge on any atom is 0.271 e. The Kier molecular flexibility index (Phi) is 14.4. The summed E-state index contributed by atoms with van der Waals surface area (Å²) < 4.78 is 0. The third-order valence-electron chi connectivity index (χ3n) is 0.272. The van der Waals surface area contributed by atoms with Crippen LogP contribution in [0.4, 0.5) is 0 Å². The second-order valence-electron chi connectivity index (χ2n) is 0.664. The van der Waals surface area contributed by atoms with E-state index in [4.69, 9.17) is 0 Å². The molecular weight excluding hydrogens is 110 g/mol. The SMILES string of the molecule is C=[CH][Al][CH]=C.Cl. The molecule has 0 bridgehead atoms. The minimum absolute atomic E-state index is 0. The van der Waals surface area contributed by atoms with Gasteiger partial charge in [0.1, 0.15) is 0 Å². The van der Waals surface area contributed by atoms with Crippen LogP contribution in [0.5, 0.6) is 0 Å². The average molecular weight is 118 g/mol. The zero-order valence-corrected chi connectivity index (χ0v) is 5.53. The Morgan fingerprint density at radius 1 is 1.17 bits per heavy atom. The number of halogens is 1. The highest BCUT2D eigenvalue weighted by Crippen LogP contribution is 1.55. The molecule has 33 valence electrons. The molecule has 0 amide bonds. The predicted octanol–water partition coefficient (Wildman–Crippen LogP) is 1.40. The number of rotatable bonds is 2. The smallest absolute Gasteiger partial charge is 0.157 e. The summed E-state index contributed by atoms with van der Waals surface area (Å²) >= 11 is 0.343. The first kappa shape index (κ1) is 9.57. The van der Waals surface area contributed by atoms with E-state index in [0.29, 0.717) is 15.2 Å². The van der Waals surface area contributed by atoms with Gasteiger partial charge in [0.2, 0.25) is 0 Å². The van der Waals surface area contributed by atoms with Crippen LogP contribution in [0.1, 0.15) is 0 Å². The van der Waals surface area contributed by atoms with Gasteiger partial charge in [0.05, 0.1) is 0 Å². The van der Waals surface area contributed by atoms with Crippen LogP contribution < -0.4 is 0 Å². The lowest BCUT2D eigenvalue weighted by Crippen LogP contribution is -1.67. The van der Waals surface area contributed by atoms with Gasteiger partial charge < -0.3 is 0 Å². The van der Waals surface area contributed by atoms with Gasteiger partial charge in [0, 0.05) is 0 Å². The molecule has 0 saturated carbocycles. The van der Waals surface area contributed by atoms with Crippen molar-refractivity contribution in [2.75, 3.05) is 0 Å². The Bertz CT molecular complexity index is 36.8. The first-order valence-corrected chi connectivity index (χ1v) is 2.82. The highest BCUT2D eigenvalue weighted by atomic mass is 35.5. The van der Waals surface area contributed by atoms with Crippen LogP contribution in [0.15, 0.2) is 23.0 Å². The zero-order chi connectivity index (χ0) is 4.12. The van der Waals surface area contributed by atoms with Crippen LogP contribution in [-0.4, -0.2) is 15.2 Å². The van der Waals surface area contributed by atoms with Gasteiger partial charge >= 0.3 is 0 Å². The second kappa shape index (κ2) is 9.00. The summed E-state index contributed by atoms with van der Waals surface area (Å²) in [5.41, 5.74) is 0. The molecule has 2 heteroatoms. The molecule has 6 heavy (non-hydrogen) atoms. The normalized spacial score (nSPS) is 4.67. The van der Waals surface area contributed by atoms with Crippen LogP contribution in [0.2, 0.25) is 0 Å². The maximum atomic E-state index is 3.52. The van der Waals surface area contributed by atoms with E-state index in [1.807, 2.05) is 9.88 Å². The van der Waals surface area contributed by atoms with Crippen molar-refractivity contribution in [3.63, 3.8) is 0 Å². The van der Waals surface area contributed by atoms with E-state index in [1.165, 1.54) is 0 Å². The quantitative estimate of drug-likeness (QED) is 0.480. The van der Waals surface area contributed by atoms with E-state index in [0.717, 1.165) is 0 Å². The molecule has 0 aromatic heterocycles. The van der Waals surface area contributed by atoms with E-state index < -0.39 is 0 Å². The lowest BCUT2D eigenvalue weighted by molar-refractivity contribution is 2.44. The fourth-order valence-electron chi connectivity index (χ4n) is 0.0962. The third kappa shape index (κ3) is 8.85. The Morgan fingerprint density at radius 2 is 1.50 bits per heavy atom. The van der Waals surface area contributed by atoms with E-state index in [2.05, 4.69) is 13.2 Å². The van der Waals surface area contributed by atoms with Crippen LogP contribution in [0.3, 0.4) is 0 Å². The van der Waals surface area contributed by atoms with Gasteiger partial charge in [-0.2, -0.15) is 9.88 Å². The van der Waals surface area contributed by atoms with Crippen molar-refractivity contribution in [3.8, 4) is 0 Å². The van der Waals surface area contributed by atoms with Crippen molar-refractivity contribution in [1.29, 1.82) is 0 Å². The number of hydrogen-bond donors (Lipinski definition) is 0. The molecule has 0 rings (SSSR count). The third-order valence-corrected chi connectivity index (χ3v) is 0.816. The van der Waals surface area contributed by atoms with Crippen molar-refractivity contribution in [2.24, 2.45) is 0 Å². The second-order valence-corrected chi connectivity index (χ2v) is 1.99. The van der Waals surface area contributed by atoms with Gasteiger partial charge in [0.25, 0.3) is 15.2 Å². The Morgan fingerprint density at radius 3 is 1.50 bits per heavy atom. The van der Waals surface area contributed by atoms with Crippen molar-refractivity contribution >= 4 is 27.6 Å². The molecule has 0 atom stereocenters. The van der Waals surface area contributed by atoms with E-state index >= 15 is 0 Å². The van der Waals surface area contributed by atoms with Crippen LogP contribution in [-0.2, 0) is 0 Å². The largest absolute Gasteiger partial charge is 0.271 e. The van der Waals surface area contributed by atoms with Crippen LogP contribution >= 0.6 is 12.4 Å². The summed E-state index contributed by atoms with van der Waals surface area (Å²) in [5.74, 6) is 0. The molecule has 0 aliphatic heterocycles. The van der Waals surface area contributed by atoms with E-state index in [9.17, 15) is 0 Å². The Hall–Kier alpha value is 0.302. The Labute approximate surface area is 51.1 Å².